The molecule has 1 aliphatic rings. The van der Waals surface area contributed by atoms with Crippen molar-refractivity contribution in [1.29, 1.82) is 0 Å². The van der Waals surface area contributed by atoms with Crippen molar-refractivity contribution in [2.45, 2.75) is 22.9 Å². The van der Waals surface area contributed by atoms with Gasteiger partial charge in [0.15, 0.2) is 0 Å². The predicted octanol–water partition coefficient (Wildman–Crippen LogP) is 4.42. The van der Waals surface area contributed by atoms with E-state index in [-0.39, 0.29) is 0 Å². The van der Waals surface area contributed by atoms with Gasteiger partial charge in [-0.05, 0) is 41.5 Å². The summed E-state index contributed by atoms with van der Waals surface area (Å²) < 4.78 is 11.1. The van der Waals surface area contributed by atoms with Crippen molar-refractivity contribution in [2.24, 2.45) is 0 Å². The summed E-state index contributed by atoms with van der Waals surface area (Å²) in [5, 5.41) is 13.0. The van der Waals surface area contributed by atoms with E-state index >= 15 is 0 Å². The number of thioether (sulfide) groups is 1. The fraction of sp³-hybridized carbons (Fsp3) is 0.174. The molecule has 6 heteroatoms. The molecule has 29 heavy (non-hydrogen) atoms. The summed E-state index contributed by atoms with van der Waals surface area (Å²) in [6, 6.07) is 22.9. The maximum Gasteiger partial charge on any atom is 0.254 e. The number of hydrogen-bond acceptors (Lipinski definition) is 5. The summed E-state index contributed by atoms with van der Waals surface area (Å²) in [5.41, 5.74) is 2.60. The van der Waals surface area contributed by atoms with Crippen LogP contribution in [0.1, 0.15) is 16.4 Å². The Kier molecular flexibility index (Phi) is 5.74. The van der Waals surface area contributed by atoms with E-state index in [0.717, 1.165) is 21.8 Å². The van der Waals surface area contributed by atoms with Gasteiger partial charge in [0.2, 0.25) is 0 Å². The first kappa shape index (κ1) is 19.4. The molecule has 148 valence electrons. The van der Waals surface area contributed by atoms with Crippen molar-refractivity contribution >= 4 is 23.4 Å². The number of aliphatic hydroxyl groups is 1. The van der Waals surface area contributed by atoms with Crippen molar-refractivity contribution in [3.63, 3.8) is 0 Å². The zero-order chi connectivity index (χ0) is 20.2. The number of aliphatic hydroxyl groups excluding tert-OH is 1. The molecule has 3 aromatic carbocycles. The molecule has 2 atom stereocenters. The fourth-order valence-corrected chi connectivity index (χ4v) is 4.37. The standard InChI is InChI=1S/C23H21NO4S/c1-27-17-9-7-16(8-10-17)22-21(25)23(26)24-19-12-11-18(13-20(19)29-22)28-14-15-5-3-2-4-6-15/h2-13,21-22,25H,14H2,1H3,(H,24,26)/t21-,22+/m1/s1. The number of fused-ring (bicyclic) bond motifs is 1. The average molecular weight is 407 g/mol. The number of nitrogens with one attached hydrogen (secondary N) is 1. The minimum absolute atomic E-state index is 0.421. The first-order valence-electron chi connectivity index (χ1n) is 9.24. The van der Waals surface area contributed by atoms with Gasteiger partial charge in [0, 0.05) is 4.90 Å². The second-order valence-electron chi connectivity index (χ2n) is 6.68. The number of carbonyl (C=O) groups is 1. The summed E-state index contributed by atoms with van der Waals surface area (Å²) in [6.07, 6.45) is -1.17. The lowest BCUT2D eigenvalue weighted by molar-refractivity contribution is -0.124. The number of anilines is 1. The SMILES string of the molecule is COc1ccc([C@@H]2Sc3cc(OCc4ccccc4)ccc3NC(=O)[C@@H]2O)cc1. The Morgan fingerprint density at radius 1 is 1.00 bits per heavy atom. The van der Waals surface area contributed by atoms with Gasteiger partial charge in [0.25, 0.3) is 5.91 Å². The summed E-state index contributed by atoms with van der Waals surface area (Å²) >= 11 is 1.44. The van der Waals surface area contributed by atoms with Gasteiger partial charge >= 0.3 is 0 Å². The summed E-state index contributed by atoms with van der Waals surface area (Å²) in [5.74, 6) is 1.01. The van der Waals surface area contributed by atoms with E-state index in [4.69, 9.17) is 9.47 Å². The van der Waals surface area contributed by atoms with Crippen LogP contribution in [0.2, 0.25) is 0 Å². The molecule has 3 aromatic rings. The van der Waals surface area contributed by atoms with Crippen LogP contribution in [0.15, 0.2) is 77.7 Å². The number of benzene rings is 3. The van der Waals surface area contributed by atoms with Crippen molar-refractivity contribution in [1.82, 2.24) is 0 Å². The molecule has 0 saturated heterocycles. The van der Waals surface area contributed by atoms with Gasteiger partial charge in [0.1, 0.15) is 24.2 Å². The monoisotopic (exact) mass is 407 g/mol. The van der Waals surface area contributed by atoms with Gasteiger partial charge in [0.05, 0.1) is 18.0 Å². The second kappa shape index (κ2) is 8.59. The van der Waals surface area contributed by atoms with Crippen molar-refractivity contribution < 1.29 is 19.4 Å². The number of rotatable bonds is 5. The number of methoxy groups -OCH3 is 1. The van der Waals surface area contributed by atoms with Crippen LogP contribution in [-0.2, 0) is 11.4 Å². The molecule has 5 nitrogen and oxygen atoms in total. The van der Waals surface area contributed by atoms with Gasteiger partial charge < -0.3 is 19.9 Å². The maximum absolute atomic E-state index is 12.4. The van der Waals surface area contributed by atoms with Gasteiger partial charge in [-0.1, -0.05) is 42.5 Å². The van der Waals surface area contributed by atoms with Crippen LogP contribution in [0.3, 0.4) is 0 Å². The van der Waals surface area contributed by atoms with Gasteiger partial charge in [-0.3, -0.25) is 4.79 Å². The van der Waals surface area contributed by atoms with Crippen LogP contribution in [0.5, 0.6) is 11.5 Å². The van der Waals surface area contributed by atoms with Crippen LogP contribution in [0.25, 0.3) is 0 Å². The topological polar surface area (TPSA) is 67.8 Å². The molecule has 0 aliphatic carbocycles. The second-order valence-corrected chi connectivity index (χ2v) is 7.86. The average Bonchev–Trinajstić information content (AvgIpc) is 2.89. The van der Waals surface area contributed by atoms with E-state index < -0.39 is 17.3 Å². The molecule has 0 aromatic heterocycles. The molecule has 0 saturated carbocycles. The Labute approximate surface area is 173 Å². The van der Waals surface area contributed by atoms with Crippen LogP contribution < -0.4 is 14.8 Å². The Hall–Kier alpha value is -2.96. The van der Waals surface area contributed by atoms with Gasteiger partial charge in [-0.2, -0.15) is 0 Å². The molecule has 2 N–H and O–H groups in total. The predicted molar refractivity (Wildman–Crippen MR) is 113 cm³/mol. The van der Waals surface area contributed by atoms with Gasteiger partial charge in [-0.15, -0.1) is 11.8 Å². The zero-order valence-corrected chi connectivity index (χ0v) is 16.7. The van der Waals surface area contributed by atoms with E-state index in [1.54, 1.807) is 7.11 Å². The Balaban J connectivity index is 1.58. The van der Waals surface area contributed by atoms with Crippen molar-refractivity contribution in [3.05, 3.63) is 83.9 Å². The highest BCUT2D eigenvalue weighted by molar-refractivity contribution is 7.99. The third kappa shape index (κ3) is 4.39. The quantitative estimate of drug-likeness (QED) is 0.655. The van der Waals surface area contributed by atoms with Crippen LogP contribution in [-0.4, -0.2) is 24.2 Å². The first-order valence-corrected chi connectivity index (χ1v) is 10.1. The van der Waals surface area contributed by atoms with E-state index in [1.165, 1.54) is 11.8 Å². The maximum atomic E-state index is 12.4. The normalized spacial score (nSPS) is 18.3. The number of amides is 1. The minimum atomic E-state index is -1.17. The van der Waals surface area contributed by atoms with Crippen LogP contribution in [0, 0.1) is 0 Å². The van der Waals surface area contributed by atoms with E-state index in [1.807, 2.05) is 72.8 Å². The van der Waals surface area contributed by atoms with Crippen molar-refractivity contribution in [2.75, 3.05) is 12.4 Å². The Bertz CT molecular complexity index is 992. The van der Waals surface area contributed by atoms with Gasteiger partial charge in [-0.25, -0.2) is 0 Å². The molecular weight excluding hydrogens is 386 g/mol. The van der Waals surface area contributed by atoms with Crippen LogP contribution >= 0.6 is 11.8 Å². The highest BCUT2D eigenvalue weighted by Crippen LogP contribution is 2.45. The molecule has 0 unspecified atom stereocenters. The molecule has 1 aliphatic heterocycles. The van der Waals surface area contributed by atoms with E-state index in [9.17, 15) is 9.90 Å². The largest absolute Gasteiger partial charge is 0.497 e. The number of carbonyl (C=O) groups excluding carboxylic acids is 1. The lowest BCUT2D eigenvalue weighted by Crippen LogP contribution is -2.30. The highest BCUT2D eigenvalue weighted by Gasteiger charge is 2.33. The Morgan fingerprint density at radius 3 is 2.45 bits per heavy atom. The number of ether oxygens (including phenoxy) is 2. The minimum Gasteiger partial charge on any atom is -0.497 e. The third-order valence-corrected chi connectivity index (χ3v) is 6.09. The lowest BCUT2D eigenvalue weighted by atomic mass is 10.1. The van der Waals surface area contributed by atoms with E-state index in [2.05, 4.69) is 5.32 Å². The fourth-order valence-electron chi connectivity index (χ4n) is 3.12. The molecule has 1 amide bonds. The number of hydrogen-bond donors (Lipinski definition) is 2. The molecule has 0 spiro atoms. The highest BCUT2D eigenvalue weighted by atomic mass is 32.2. The molecule has 0 radical (unpaired) electrons. The smallest absolute Gasteiger partial charge is 0.254 e. The molecule has 4 rings (SSSR count). The molecular formula is C23H21NO4S. The molecule has 0 fully saturated rings. The lowest BCUT2D eigenvalue weighted by Gasteiger charge is -2.19. The summed E-state index contributed by atoms with van der Waals surface area (Å²) in [4.78, 5) is 13.3. The van der Waals surface area contributed by atoms with Crippen molar-refractivity contribution in [3.8, 4) is 11.5 Å². The third-order valence-electron chi connectivity index (χ3n) is 4.71. The van der Waals surface area contributed by atoms with E-state index in [0.29, 0.717) is 18.0 Å². The zero-order valence-electron chi connectivity index (χ0n) is 15.9. The summed E-state index contributed by atoms with van der Waals surface area (Å²) in [7, 11) is 1.60. The first-order chi connectivity index (χ1) is 14.1. The molecule has 1 heterocycles. The summed E-state index contributed by atoms with van der Waals surface area (Å²) in [6.45, 7) is 0.460. The molecule has 0 bridgehead atoms. The van der Waals surface area contributed by atoms with Crippen LogP contribution in [0.4, 0.5) is 5.69 Å². The Morgan fingerprint density at radius 2 is 1.72 bits per heavy atom.